The minimum atomic E-state index is -1.12. The Balaban J connectivity index is 2.09. The van der Waals surface area contributed by atoms with E-state index in [1.807, 2.05) is 0 Å². The average molecular weight is 288 g/mol. The fraction of sp³-hybridized carbons (Fsp3) is 0.308. The van der Waals surface area contributed by atoms with Crippen molar-refractivity contribution in [1.82, 2.24) is 5.32 Å². The van der Waals surface area contributed by atoms with Crippen LogP contribution in [0.25, 0.3) is 0 Å². The van der Waals surface area contributed by atoms with Crippen molar-refractivity contribution in [3.8, 4) is 0 Å². The highest BCUT2D eigenvalue weighted by atomic mass is 35.5. The van der Waals surface area contributed by atoms with Gasteiger partial charge in [-0.05, 0) is 18.6 Å². The van der Waals surface area contributed by atoms with Crippen LogP contribution in [0.3, 0.4) is 0 Å². The van der Waals surface area contributed by atoms with Crippen molar-refractivity contribution in [2.24, 2.45) is 5.92 Å². The maximum Gasteiger partial charge on any atom is 0.253 e. The number of aliphatic hydroxyl groups is 1. The fourth-order valence-corrected chi connectivity index (χ4v) is 2.20. The Morgan fingerprint density at radius 1 is 1.37 bits per heavy atom. The summed E-state index contributed by atoms with van der Waals surface area (Å²) in [5.41, 5.74) is -0.110. The van der Waals surface area contributed by atoms with E-state index >= 15 is 0 Å². The lowest BCUT2D eigenvalue weighted by atomic mass is 10.1. The summed E-state index contributed by atoms with van der Waals surface area (Å²) in [5, 5.41) is 11.5. The summed E-state index contributed by atoms with van der Waals surface area (Å²) < 4.78 is 26.0. The van der Waals surface area contributed by atoms with E-state index in [0.29, 0.717) is 6.42 Å². The highest BCUT2D eigenvalue weighted by Gasteiger charge is 2.22. The average Bonchev–Trinajstić information content (AvgIpc) is 2.81. The number of amides is 1. The molecule has 19 heavy (non-hydrogen) atoms. The summed E-state index contributed by atoms with van der Waals surface area (Å²) in [6.45, 7) is 0.00873. The molecule has 2 rings (SSSR count). The lowest BCUT2D eigenvalue weighted by molar-refractivity contribution is 0.0940. The number of nitrogens with one attached hydrogen (secondary N) is 1. The summed E-state index contributed by atoms with van der Waals surface area (Å²) in [7, 11) is 0. The van der Waals surface area contributed by atoms with Gasteiger partial charge in [-0.2, -0.15) is 0 Å². The van der Waals surface area contributed by atoms with Gasteiger partial charge in [-0.1, -0.05) is 23.8 Å². The van der Waals surface area contributed by atoms with E-state index in [1.54, 1.807) is 12.2 Å². The molecule has 102 valence electrons. The fourth-order valence-electron chi connectivity index (χ4n) is 1.96. The number of carbonyl (C=O) groups is 1. The zero-order chi connectivity index (χ0) is 14.0. The Morgan fingerprint density at radius 2 is 2.05 bits per heavy atom. The minimum Gasteiger partial charge on any atom is -0.396 e. The van der Waals surface area contributed by atoms with Crippen molar-refractivity contribution >= 4 is 17.5 Å². The molecular formula is C13H12ClF2NO2. The SMILES string of the molecule is O=C(N[C@@H]1C=C[C@H](CO)C1)c1cc(F)c(F)cc1Cl. The number of aliphatic hydroxyl groups excluding tert-OH is 1. The summed E-state index contributed by atoms with van der Waals surface area (Å²) >= 11 is 5.71. The van der Waals surface area contributed by atoms with Gasteiger partial charge in [0.05, 0.1) is 10.6 Å². The van der Waals surface area contributed by atoms with E-state index in [4.69, 9.17) is 16.7 Å². The molecule has 1 aliphatic carbocycles. The van der Waals surface area contributed by atoms with Crippen LogP contribution in [0.4, 0.5) is 8.78 Å². The van der Waals surface area contributed by atoms with Gasteiger partial charge in [0.25, 0.3) is 5.91 Å². The van der Waals surface area contributed by atoms with Gasteiger partial charge in [0.2, 0.25) is 0 Å². The van der Waals surface area contributed by atoms with E-state index in [0.717, 1.165) is 12.1 Å². The third kappa shape index (κ3) is 3.11. The molecule has 0 saturated carbocycles. The second-order valence-corrected chi connectivity index (χ2v) is 4.80. The van der Waals surface area contributed by atoms with Crippen molar-refractivity contribution in [2.45, 2.75) is 12.5 Å². The van der Waals surface area contributed by atoms with Gasteiger partial charge in [-0.3, -0.25) is 4.79 Å². The van der Waals surface area contributed by atoms with E-state index in [2.05, 4.69) is 5.32 Å². The number of halogens is 3. The molecule has 0 spiro atoms. The number of hydrogen-bond acceptors (Lipinski definition) is 2. The Kier molecular flexibility index (Phi) is 4.17. The predicted octanol–water partition coefficient (Wildman–Crippen LogP) is 2.29. The maximum atomic E-state index is 13.1. The van der Waals surface area contributed by atoms with Crippen LogP contribution >= 0.6 is 11.6 Å². The molecule has 3 nitrogen and oxygen atoms in total. The molecule has 1 aliphatic rings. The van der Waals surface area contributed by atoms with Crippen LogP contribution in [0.15, 0.2) is 24.3 Å². The molecule has 6 heteroatoms. The second kappa shape index (κ2) is 5.67. The first-order chi connectivity index (χ1) is 9.01. The van der Waals surface area contributed by atoms with Crippen LogP contribution in [-0.2, 0) is 0 Å². The topological polar surface area (TPSA) is 49.3 Å². The van der Waals surface area contributed by atoms with Crippen LogP contribution in [0.2, 0.25) is 5.02 Å². The molecule has 1 aromatic carbocycles. The molecule has 0 aromatic heterocycles. The molecule has 2 N–H and O–H groups in total. The Hall–Kier alpha value is -1.46. The van der Waals surface area contributed by atoms with Gasteiger partial charge < -0.3 is 10.4 Å². The lowest BCUT2D eigenvalue weighted by Crippen LogP contribution is -2.33. The molecular weight excluding hydrogens is 276 g/mol. The van der Waals surface area contributed by atoms with Crippen molar-refractivity contribution in [1.29, 1.82) is 0 Å². The van der Waals surface area contributed by atoms with Gasteiger partial charge in [0.15, 0.2) is 11.6 Å². The summed E-state index contributed by atoms with van der Waals surface area (Å²) in [4.78, 5) is 11.9. The summed E-state index contributed by atoms with van der Waals surface area (Å²) in [5.74, 6) is -2.78. The number of benzene rings is 1. The molecule has 1 amide bonds. The molecule has 0 bridgehead atoms. The molecule has 0 aliphatic heterocycles. The van der Waals surface area contributed by atoms with Crippen molar-refractivity contribution < 1.29 is 18.7 Å². The largest absolute Gasteiger partial charge is 0.396 e. The molecule has 0 heterocycles. The highest BCUT2D eigenvalue weighted by Crippen LogP contribution is 2.22. The predicted molar refractivity (Wildman–Crippen MR) is 67.0 cm³/mol. The van der Waals surface area contributed by atoms with Crippen molar-refractivity contribution in [3.63, 3.8) is 0 Å². The number of carbonyl (C=O) groups excluding carboxylic acids is 1. The first kappa shape index (κ1) is 14.0. The molecule has 0 saturated heterocycles. The maximum absolute atomic E-state index is 13.1. The molecule has 2 atom stereocenters. The normalized spacial score (nSPS) is 21.7. The van der Waals surface area contributed by atoms with Crippen LogP contribution in [-0.4, -0.2) is 23.7 Å². The van der Waals surface area contributed by atoms with E-state index < -0.39 is 17.5 Å². The summed E-state index contributed by atoms with van der Waals surface area (Å²) in [6.07, 6.45) is 4.13. The summed E-state index contributed by atoms with van der Waals surface area (Å²) in [6, 6.07) is 1.30. The van der Waals surface area contributed by atoms with Gasteiger partial charge in [0, 0.05) is 18.6 Å². The zero-order valence-electron chi connectivity index (χ0n) is 9.87. The van der Waals surface area contributed by atoms with Gasteiger partial charge in [-0.25, -0.2) is 8.78 Å². The van der Waals surface area contributed by atoms with Gasteiger partial charge >= 0.3 is 0 Å². The highest BCUT2D eigenvalue weighted by molar-refractivity contribution is 6.33. The molecule has 1 aromatic rings. The molecule has 0 unspecified atom stereocenters. The number of hydrogen-bond donors (Lipinski definition) is 2. The number of rotatable bonds is 3. The monoisotopic (exact) mass is 287 g/mol. The lowest BCUT2D eigenvalue weighted by Gasteiger charge is -2.13. The third-order valence-corrected chi connectivity index (χ3v) is 3.29. The van der Waals surface area contributed by atoms with Crippen molar-refractivity contribution in [3.05, 3.63) is 46.5 Å². The van der Waals surface area contributed by atoms with Crippen molar-refractivity contribution in [2.75, 3.05) is 6.61 Å². The molecule has 0 radical (unpaired) electrons. The zero-order valence-corrected chi connectivity index (χ0v) is 10.6. The Bertz CT molecular complexity index is 534. The first-order valence-electron chi connectivity index (χ1n) is 5.76. The first-order valence-corrected chi connectivity index (χ1v) is 6.13. The second-order valence-electron chi connectivity index (χ2n) is 4.39. The van der Waals surface area contributed by atoms with Gasteiger partial charge in [-0.15, -0.1) is 0 Å². The minimum absolute atomic E-state index is 0.00530. The van der Waals surface area contributed by atoms with Crippen LogP contribution in [0, 0.1) is 17.6 Å². The smallest absolute Gasteiger partial charge is 0.253 e. The van der Waals surface area contributed by atoms with Crippen LogP contribution in [0.5, 0.6) is 0 Å². The van der Waals surface area contributed by atoms with E-state index in [-0.39, 0.29) is 29.2 Å². The van der Waals surface area contributed by atoms with Crippen LogP contribution < -0.4 is 5.32 Å². The quantitative estimate of drug-likeness (QED) is 0.662. The van der Waals surface area contributed by atoms with E-state index in [1.165, 1.54) is 0 Å². The van der Waals surface area contributed by atoms with E-state index in [9.17, 15) is 13.6 Å². The molecule has 0 fully saturated rings. The standard InChI is InChI=1S/C13H12ClF2NO2/c14-10-5-12(16)11(15)4-9(10)13(19)17-8-2-1-7(3-8)6-18/h1-2,4-5,7-8,18H,3,6H2,(H,17,19)/t7-,8+/m0/s1. The van der Waals surface area contributed by atoms with Crippen LogP contribution in [0.1, 0.15) is 16.8 Å². The Labute approximate surface area is 113 Å². The third-order valence-electron chi connectivity index (χ3n) is 2.98. The Morgan fingerprint density at radius 3 is 2.68 bits per heavy atom. The van der Waals surface area contributed by atoms with Gasteiger partial charge in [0.1, 0.15) is 0 Å².